The van der Waals surface area contributed by atoms with Crippen molar-refractivity contribution < 1.29 is 40.7 Å². The fraction of sp³-hybridized carbons (Fsp3) is 0.167. The van der Waals surface area contributed by atoms with E-state index in [4.69, 9.17) is 4.74 Å². The van der Waals surface area contributed by atoms with Crippen LogP contribution in [0.3, 0.4) is 0 Å². The highest BCUT2D eigenvalue weighted by Gasteiger charge is 2.40. The molecular weight excluding hydrogens is 527 g/mol. The predicted octanol–water partition coefficient (Wildman–Crippen LogP) is 2.97. The molecule has 1 aliphatic heterocycles. The molecule has 13 heteroatoms. The monoisotopic (exact) mass is 548 g/mol. The van der Waals surface area contributed by atoms with Crippen molar-refractivity contribution in [2.75, 3.05) is 6.54 Å². The average Bonchev–Trinajstić information content (AvgIpc) is 3.05. The van der Waals surface area contributed by atoms with Crippen molar-refractivity contribution in [2.45, 2.75) is 28.7 Å². The van der Waals surface area contributed by atoms with E-state index in [9.17, 15) is 35.9 Å². The van der Waals surface area contributed by atoms with Gasteiger partial charge in [0, 0.05) is 6.54 Å². The lowest BCUT2D eigenvalue weighted by atomic mass is 10.1. The van der Waals surface area contributed by atoms with Gasteiger partial charge in [-0.3, -0.25) is 9.59 Å². The van der Waals surface area contributed by atoms with Crippen molar-refractivity contribution in [3.8, 4) is 11.5 Å². The molecular formula is C24H21FN2O8S2. The molecule has 0 bridgehead atoms. The molecule has 1 heterocycles. The quantitative estimate of drug-likeness (QED) is 0.393. The van der Waals surface area contributed by atoms with Crippen molar-refractivity contribution in [3.63, 3.8) is 0 Å². The number of hydrogen-bond donors (Lipinski definition) is 2. The molecule has 0 spiro atoms. The number of nitrogens with one attached hydrogen (secondary N) is 1. The van der Waals surface area contributed by atoms with Crippen LogP contribution >= 0.6 is 0 Å². The van der Waals surface area contributed by atoms with Crippen LogP contribution in [-0.2, 0) is 24.8 Å². The normalized spacial score (nSPS) is 15.3. The van der Waals surface area contributed by atoms with Crippen LogP contribution in [0.15, 0.2) is 82.6 Å². The third-order valence-electron chi connectivity index (χ3n) is 5.54. The minimum Gasteiger partial charge on any atom is -0.480 e. The minimum absolute atomic E-state index is 0.0323. The van der Waals surface area contributed by atoms with E-state index in [1.165, 1.54) is 72.8 Å². The van der Waals surface area contributed by atoms with Gasteiger partial charge in [-0.1, -0.05) is 12.1 Å². The largest absolute Gasteiger partial charge is 0.480 e. The fourth-order valence-electron chi connectivity index (χ4n) is 3.70. The lowest BCUT2D eigenvalue weighted by molar-refractivity contribution is -0.139. The Morgan fingerprint density at radius 1 is 1.00 bits per heavy atom. The van der Waals surface area contributed by atoms with E-state index in [0.717, 1.165) is 0 Å². The second-order valence-corrected chi connectivity index (χ2v) is 11.6. The van der Waals surface area contributed by atoms with Crippen molar-refractivity contribution >= 4 is 31.9 Å². The zero-order valence-corrected chi connectivity index (χ0v) is 20.7. The van der Waals surface area contributed by atoms with Crippen LogP contribution in [0.5, 0.6) is 11.5 Å². The second-order valence-electron chi connectivity index (χ2n) is 8.06. The summed E-state index contributed by atoms with van der Waals surface area (Å²) < 4.78 is 72.1. The topological polar surface area (TPSA) is 147 Å². The number of aliphatic carboxylic acids is 1. The summed E-state index contributed by atoms with van der Waals surface area (Å²) in [5.74, 6) is -2.00. The van der Waals surface area contributed by atoms with Crippen LogP contribution in [0, 0.1) is 5.82 Å². The van der Waals surface area contributed by atoms with E-state index in [0.29, 0.717) is 10.1 Å². The molecule has 3 aromatic rings. The van der Waals surface area contributed by atoms with Gasteiger partial charge >= 0.3 is 5.97 Å². The Hall–Kier alpha value is -3.81. The van der Waals surface area contributed by atoms with Gasteiger partial charge in [-0.2, -0.15) is 4.72 Å². The van der Waals surface area contributed by atoms with Crippen LogP contribution < -0.4 is 9.46 Å². The molecule has 194 valence electrons. The van der Waals surface area contributed by atoms with E-state index in [-0.39, 0.29) is 40.5 Å². The van der Waals surface area contributed by atoms with E-state index in [1.54, 1.807) is 0 Å². The first kappa shape index (κ1) is 26.3. The Kier molecular flexibility index (Phi) is 7.30. The Morgan fingerprint density at radius 2 is 1.59 bits per heavy atom. The molecule has 0 saturated carbocycles. The fourth-order valence-corrected chi connectivity index (χ4v) is 6.54. The molecule has 0 aromatic heterocycles. The van der Waals surface area contributed by atoms with Gasteiger partial charge in [-0.25, -0.2) is 25.5 Å². The van der Waals surface area contributed by atoms with Gasteiger partial charge in [0.2, 0.25) is 10.0 Å². The summed E-state index contributed by atoms with van der Waals surface area (Å²) in [6.45, 7) is -0.309. The van der Waals surface area contributed by atoms with Crippen LogP contribution in [-0.4, -0.2) is 50.7 Å². The second kappa shape index (κ2) is 10.3. The molecule has 0 aliphatic carbocycles. The molecule has 1 aliphatic rings. The average molecular weight is 549 g/mol. The summed E-state index contributed by atoms with van der Waals surface area (Å²) >= 11 is 0. The van der Waals surface area contributed by atoms with E-state index >= 15 is 0 Å². The van der Waals surface area contributed by atoms with Crippen molar-refractivity contribution in [1.82, 2.24) is 9.03 Å². The molecule has 4 rings (SSSR count). The van der Waals surface area contributed by atoms with Crippen LogP contribution in [0.25, 0.3) is 0 Å². The molecule has 0 unspecified atom stereocenters. The van der Waals surface area contributed by atoms with Crippen molar-refractivity contribution in [3.05, 3.63) is 84.2 Å². The molecule has 3 aromatic carbocycles. The molecule has 0 saturated heterocycles. The van der Waals surface area contributed by atoms with Gasteiger partial charge in [-0.05, 0) is 73.5 Å². The number of fused-ring (bicyclic) bond motifs is 1. The van der Waals surface area contributed by atoms with Gasteiger partial charge in [-0.15, -0.1) is 0 Å². The Bertz CT molecular complexity index is 1540. The number of halogens is 1. The molecule has 10 nitrogen and oxygen atoms in total. The standard InChI is InChI=1S/C24H21FN2O8S2/c25-16-7-9-17(10-8-16)35-18-11-13-19(14-12-18)36(31,32)26-21(24(29)30)5-3-15-27-23(28)20-4-1-2-6-22(20)37(27,33)34/h1-2,4,6-14,21,26H,3,5,15H2,(H,29,30)/t21-/m1/s1. The van der Waals surface area contributed by atoms with Gasteiger partial charge in [0.1, 0.15) is 28.3 Å². The number of rotatable bonds is 10. The van der Waals surface area contributed by atoms with Gasteiger partial charge < -0.3 is 9.84 Å². The SMILES string of the molecule is O=C(O)[C@@H](CCCN1C(=O)c2ccccc2S1(=O)=O)NS(=O)(=O)c1ccc(Oc2ccc(F)cc2)cc1. The zero-order chi connectivity index (χ0) is 26.8. The summed E-state index contributed by atoms with van der Waals surface area (Å²) in [5, 5.41) is 9.53. The van der Waals surface area contributed by atoms with E-state index in [2.05, 4.69) is 4.72 Å². The van der Waals surface area contributed by atoms with Crippen molar-refractivity contribution in [2.24, 2.45) is 0 Å². The van der Waals surface area contributed by atoms with Gasteiger partial charge in [0.15, 0.2) is 0 Å². The van der Waals surface area contributed by atoms with Gasteiger partial charge in [0.25, 0.3) is 15.9 Å². The molecule has 37 heavy (non-hydrogen) atoms. The smallest absolute Gasteiger partial charge is 0.321 e. The number of sulfonamides is 2. The van der Waals surface area contributed by atoms with Crippen molar-refractivity contribution in [1.29, 1.82) is 0 Å². The molecule has 0 fully saturated rings. The highest BCUT2D eigenvalue weighted by atomic mass is 32.2. The maximum absolute atomic E-state index is 13.0. The summed E-state index contributed by atoms with van der Waals surface area (Å²) in [6, 6.07) is 14.5. The minimum atomic E-state index is -4.26. The molecule has 2 N–H and O–H groups in total. The lowest BCUT2D eigenvalue weighted by Gasteiger charge is -2.18. The first-order valence-electron chi connectivity index (χ1n) is 10.9. The number of amides is 1. The Morgan fingerprint density at radius 3 is 2.19 bits per heavy atom. The first-order valence-corrected chi connectivity index (χ1v) is 13.9. The lowest BCUT2D eigenvalue weighted by Crippen LogP contribution is -2.41. The summed E-state index contributed by atoms with van der Waals surface area (Å²) in [7, 11) is -8.31. The van der Waals surface area contributed by atoms with E-state index < -0.39 is 43.8 Å². The number of carboxylic acid groups (broad SMARTS) is 1. The number of carboxylic acids is 1. The van der Waals surface area contributed by atoms with Crippen LogP contribution in [0.4, 0.5) is 4.39 Å². The molecule has 1 amide bonds. The Labute approximate surface area is 212 Å². The van der Waals surface area contributed by atoms with E-state index in [1.807, 2.05) is 0 Å². The maximum atomic E-state index is 13.0. The van der Waals surface area contributed by atoms with Gasteiger partial charge in [0.05, 0.1) is 10.5 Å². The highest BCUT2D eigenvalue weighted by Crippen LogP contribution is 2.30. The summed E-state index contributed by atoms with van der Waals surface area (Å²) in [6.07, 6.45) is -0.362. The highest BCUT2D eigenvalue weighted by molar-refractivity contribution is 7.90. The Balaban J connectivity index is 1.39. The predicted molar refractivity (Wildman–Crippen MR) is 129 cm³/mol. The molecule has 1 atom stereocenters. The number of carbonyl (C=O) groups is 2. The van der Waals surface area contributed by atoms with Crippen LogP contribution in [0.1, 0.15) is 23.2 Å². The first-order chi connectivity index (χ1) is 17.5. The number of nitrogens with zero attached hydrogens (tertiary/aromatic N) is 1. The number of hydrogen-bond acceptors (Lipinski definition) is 7. The van der Waals surface area contributed by atoms with Crippen LogP contribution in [0.2, 0.25) is 0 Å². The number of carbonyl (C=O) groups excluding carboxylic acids is 1. The summed E-state index contributed by atoms with van der Waals surface area (Å²) in [4.78, 5) is 23.9. The number of benzene rings is 3. The zero-order valence-electron chi connectivity index (χ0n) is 19.1. The number of ether oxygens (including phenoxy) is 1. The maximum Gasteiger partial charge on any atom is 0.321 e. The molecule has 0 radical (unpaired) electrons. The third-order valence-corrected chi connectivity index (χ3v) is 8.87. The summed E-state index contributed by atoms with van der Waals surface area (Å²) in [5.41, 5.74) is 0.0323. The third kappa shape index (κ3) is 5.63.